The van der Waals surface area contributed by atoms with Crippen LogP contribution in [0, 0.1) is 6.92 Å². The van der Waals surface area contributed by atoms with Crippen LogP contribution in [0.1, 0.15) is 25.0 Å². The molecule has 0 aliphatic rings. The third-order valence-corrected chi connectivity index (χ3v) is 2.68. The Balaban J connectivity index is 3.36. The molecule has 0 aliphatic heterocycles. The Morgan fingerprint density at radius 3 is 2.05 bits per heavy atom. The van der Waals surface area contributed by atoms with Crippen LogP contribution in [0.2, 0.25) is 0 Å². The largest absolute Gasteiger partial charge is 0.508 e. The first-order chi connectivity index (χ1) is 9.37. The molecule has 1 aromatic carbocycles. The average molecular weight is 282 g/mol. The first kappa shape index (κ1) is 16.0. The molecule has 20 heavy (non-hydrogen) atoms. The molecule has 1 aromatic rings. The second-order valence-electron chi connectivity index (χ2n) is 4.17. The number of hydrogen-bond acceptors (Lipinski definition) is 6. The molecular formula is C14H18O6. The number of carbonyl (C=O) groups is 2. The van der Waals surface area contributed by atoms with E-state index in [1.165, 1.54) is 12.1 Å². The van der Waals surface area contributed by atoms with Gasteiger partial charge in [0.15, 0.2) is 0 Å². The Bertz CT molecular complexity index is 490. The van der Waals surface area contributed by atoms with Crippen LogP contribution in [0.3, 0.4) is 0 Å². The highest BCUT2D eigenvalue weighted by molar-refractivity contribution is 6.04. The summed E-state index contributed by atoms with van der Waals surface area (Å²) in [5.74, 6) is -2.75. The molecule has 0 aromatic heterocycles. The second-order valence-corrected chi connectivity index (χ2v) is 4.17. The van der Waals surface area contributed by atoms with Gasteiger partial charge in [0.2, 0.25) is 0 Å². The molecule has 0 aliphatic carbocycles. The van der Waals surface area contributed by atoms with Crippen molar-refractivity contribution >= 4 is 11.9 Å². The minimum absolute atomic E-state index is 0.0207. The van der Waals surface area contributed by atoms with E-state index < -0.39 is 17.5 Å². The van der Waals surface area contributed by atoms with Gasteiger partial charge in [0, 0.05) is 5.56 Å². The molecule has 110 valence electrons. The van der Waals surface area contributed by atoms with Crippen LogP contribution in [0.25, 0.3) is 0 Å². The summed E-state index contributed by atoms with van der Waals surface area (Å²) < 4.78 is 9.43. The van der Waals surface area contributed by atoms with E-state index in [-0.39, 0.29) is 24.5 Å². The van der Waals surface area contributed by atoms with Crippen LogP contribution >= 0.6 is 0 Å². The number of hydrogen-bond donors (Lipinski definition) is 2. The number of aryl methyl sites for hydroxylation is 1. The van der Waals surface area contributed by atoms with Gasteiger partial charge in [-0.05, 0) is 32.4 Å². The molecule has 6 heteroatoms. The monoisotopic (exact) mass is 282 g/mol. The quantitative estimate of drug-likeness (QED) is 0.618. The van der Waals surface area contributed by atoms with E-state index in [0.717, 1.165) is 0 Å². The molecular weight excluding hydrogens is 264 g/mol. The molecule has 0 spiro atoms. The Kier molecular flexibility index (Phi) is 5.10. The molecule has 0 fully saturated rings. The highest BCUT2D eigenvalue weighted by Gasteiger charge is 2.50. The number of carbonyl (C=O) groups excluding carboxylic acids is 2. The van der Waals surface area contributed by atoms with Crippen molar-refractivity contribution in [3.63, 3.8) is 0 Å². The Labute approximate surface area is 116 Å². The van der Waals surface area contributed by atoms with E-state index in [2.05, 4.69) is 0 Å². The van der Waals surface area contributed by atoms with Crippen LogP contribution in [0.5, 0.6) is 5.75 Å². The van der Waals surface area contributed by atoms with E-state index in [4.69, 9.17) is 9.47 Å². The summed E-state index contributed by atoms with van der Waals surface area (Å²) in [6, 6.07) is 4.18. The van der Waals surface area contributed by atoms with Crippen LogP contribution in [-0.4, -0.2) is 35.4 Å². The standard InChI is InChI=1S/C14H18O6/c1-4-19-12(16)14(18,13(17)20-5-2)10-7-6-9(3)8-11(10)15/h6-8,15,18H,4-5H2,1-3H3. The summed E-state index contributed by atoms with van der Waals surface area (Å²) in [5, 5.41) is 20.3. The van der Waals surface area contributed by atoms with Crippen molar-refractivity contribution in [3.05, 3.63) is 29.3 Å². The van der Waals surface area contributed by atoms with Crippen molar-refractivity contribution in [2.24, 2.45) is 0 Å². The van der Waals surface area contributed by atoms with Gasteiger partial charge in [-0.1, -0.05) is 12.1 Å². The molecule has 0 amide bonds. The van der Waals surface area contributed by atoms with E-state index >= 15 is 0 Å². The first-order valence-corrected chi connectivity index (χ1v) is 6.24. The third-order valence-electron chi connectivity index (χ3n) is 2.68. The molecule has 0 saturated heterocycles. The summed E-state index contributed by atoms with van der Waals surface area (Å²) in [5.41, 5.74) is -2.23. The van der Waals surface area contributed by atoms with E-state index in [1.54, 1.807) is 26.8 Å². The van der Waals surface area contributed by atoms with Gasteiger partial charge in [-0.2, -0.15) is 0 Å². The van der Waals surface area contributed by atoms with Gasteiger partial charge in [0.25, 0.3) is 5.60 Å². The second kappa shape index (κ2) is 6.38. The zero-order valence-corrected chi connectivity index (χ0v) is 11.7. The molecule has 0 heterocycles. The summed E-state index contributed by atoms with van der Waals surface area (Å²) in [6.45, 7) is 4.76. The smallest absolute Gasteiger partial charge is 0.355 e. The number of benzene rings is 1. The van der Waals surface area contributed by atoms with Gasteiger partial charge >= 0.3 is 11.9 Å². The maximum absolute atomic E-state index is 11.9. The van der Waals surface area contributed by atoms with Gasteiger partial charge in [0.1, 0.15) is 5.75 Å². The Morgan fingerprint density at radius 2 is 1.65 bits per heavy atom. The fourth-order valence-corrected chi connectivity index (χ4v) is 1.72. The number of aromatic hydroxyl groups is 1. The number of phenolic OH excluding ortho intramolecular Hbond substituents is 1. The van der Waals surface area contributed by atoms with Gasteiger partial charge in [-0.25, -0.2) is 9.59 Å². The van der Waals surface area contributed by atoms with Crippen LogP contribution in [0.4, 0.5) is 0 Å². The molecule has 2 N–H and O–H groups in total. The zero-order valence-electron chi connectivity index (χ0n) is 11.7. The maximum Gasteiger partial charge on any atom is 0.355 e. The molecule has 0 atom stereocenters. The summed E-state index contributed by atoms with van der Waals surface area (Å²) >= 11 is 0. The van der Waals surface area contributed by atoms with Crippen molar-refractivity contribution in [1.82, 2.24) is 0 Å². The summed E-state index contributed by atoms with van der Waals surface area (Å²) in [7, 11) is 0. The highest BCUT2D eigenvalue weighted by atomic mass is 16.6. The third kappa shape index (κ3) is 2.91. The molecule has 6 nitrogen and oxygen atoms in total. The van der Waals surface area contributed by atoms with Crippen molar-refractivity contribution in [2.75, 3.05) is 13.2 Å². The number of aliphatic hydroxyl groups is 1. The Morgan fingerprint density at radius 1 is 1.15 bits per heavy atom. The maximum atomic E-state index is 11.9. The fourth-order valence-electron chi connectivity index (χ4n) is 1.72. The molecule has 0 bridgehead atoms. The predicted molar refractivity (Wildman–Crippen MR) is 70.0 cm³/mol. The Hall–Kier alpha value is -2.08. The normalized spacial score (nSPS) is 11.0. The molecule has 1 rings (SSSR count). The average Bonchev–Trinajstić information content (AvgIpc) is 2.38. The topological polar surface area (TPSA) is 93.1 Å². The first-order valence-electron chi connectivity index (χ1n) is 6.24. The van der Waals surface area contributed by atoms with Crippen molar-refractivity contribution in [2.45, 2.75) is 26.4 Å². The SMILES string of the molecule is CCOC(=O)C(O)(C(=O)OCC)c1ccc(C)cc1O. The van der Waals surface area contributed by atoms with Gasteiger partial charge in [0.05, 0.1) is 13.2 Å². The lowest BCUT2D eigenvalue weighted by Crippen LogP contribution is -2.46. The lowest BCUT2D eigenvalue weighted by molar-refractivity contribution is -0.185. The lowest BCUT2D eigenvalue weighted by Gasteiger charge is -2.24. The van der Waals surface area contributed by atoms with Crippen molar-refractivity contribution in [1.29, 1.82) is 0 Å². The van der Waals surface area contributed by atoms with Gasteiger partial charge in [-0.3, -0.25) is 0 Å². The van der Waals surface area contributed by atoms with Crippen molar-refractivity contribution in [3.8, 4) is 5.75 Å². The van der Waals surface area contributed by atoms with E-state index in [0.29, 0.717) is 5.56 Å². The van der Waals surface area contributed by atoms with Crippen LogP contribution < -0.4 is 0 Å². The molecule has 0 radical (unpaired) electrons. The van der Waals surface area contributed by atoms with Crippen LogP contribution in [0.15, 0.2) is 18.2 Å². The lowest BCUT2D eigenvalue weighted by atomic mass is 9.92. The number of rotatable bonds is 5. The number of esters is 2. The molecule has 0 saturated carbocycles. The van der Waals surface area contributed by atoms with Crippen molar-refractivity contribution < 1.29 is 29.3 Å². The highest BCUT2D eigenvalue weighted by Crippen LogP contribution is 2.32. The van der Waals surface area contributed by atoms with Gasteiger partial charge < -0.3 is 19.7 Å². The predicted octanol–water partition coefficient (Wildman–Crippen LogP) is 1.01. The fraction of sp³-hybridized carbons (Fsp3) is 0.429. The minimum Gasteiger partial charge on any atom is -0.508 e. The van der Waals surface area contributed by atoms with E-state index in [9.17, 15) is 19.8 Å². The number of phenols is 1. The zero-order chi connectivity index (χ0) is 15.3. The molecule has 0 unspecified atom stereocenters. The summed E-state index contributed by atoms with van der Waals surface area (Å²) in [4.78, 5) is 23.9. The van der Waals surface area contributed by atoms with Gasteiger partial charge in [-0.15, -0.1) is 0 Å². The number of ether oxygens (including phenoxy) is 2. The summed E-state index contributed by atoms with van der Waals surface area (Å²) in [6.07, 6.45) is 0. The van der Waals surface area contributed by atoms with E-state index in [1.807, 2.05) is 0 Å². The minimum atomic E-state index is -2.68. The van der Waals surface area contributed by atoms with Crippen LogP contribution in [-0.2, 0) is 24.7 Å².